The van der Waals surface area contributed by atoms with Gasteiger partial charge in [0.05, 0.1) is 18.2 Å². The van der Waals surface area contributed by atoms with Crippen molar-refractivity contribution in [2.75, 3.05) is 7.11 Å². The Morgan fingerprint density at radius 3 is 2.68 bits per heavy atom. The summed E-state index contributed by atoms with van der Waals surface area (Å²) in [6.45, 7) is 2.75. The molecule has 4 nitrogen and oxygen atoms in total. The summed E-state index contributed by atoms with van der Waals surface area (Å²) < 4.78 is 7.21. The highest BCUT2D eigenvalue weighted by atomic mass is 35.5. The van der Waals surface area contributed by atoms with Crippen molar-refractivity contribution < 1.29 is 14.3 Å². The number of methoxy groups -OCH3 is 1. The standard InChI is InChI=1S/C26H28ClNO3/c1-3-4-5-9-17-14-22-25(23(29)15-17)24-19(26(30)31-2)11-8-13-21(24)28(22)16-18-10-6-7-12-20(18)27/h6-8,10-13,17H,3-5,9,14-16H2,1-2H3. The number of aromatic nitrogens is 1. The van der Waals surface area contributed by atoms with E-state index in [9.17, 15) is 9.59 Å². The molecule has 0 amide bonds. The summed E-state index contributed by atoms with van der Waals surface area (Å²) in [4.78, 5) is 25.9. The molecule has 1 aromatic heterocycles. The van der Waals surface area contributed by atoms with Crippen molar-refractivity contribution in [1.29, 1.82) is 0 Å². The normalized spacial score (nSPS) is 15.8. The van der Waals surface area contributed by atoms with Gasteiger partial charge in [-0.25, -0.2) is 4.79 Å². The molecule has 0 radical (unpaired) electrons. The van der Waals surface area contributed by atoms with Crippen molar-refractivity contribution in [3.8, 4) is 0 Å². The molecule has 0 aliphatic heterocycles. The van der Waals surface area contributed by atoms with Crippen LogP contribution in [0.15, 0.2) is 42.5 Å². The number of hydrogen-bond acceptors (Lipinski definition) is 3. The van der Waals surface area contributed by atoms with Crippen LogP contribution in [0.1, 0.15) is 71.0 Å². The molecular formula is C26H28ClNO3. The van der Waals surface area contributed by atoms with E-state index in [1.807, 2.05) is 36.4 Å². The van der Waals surface area contributed by atoms with E-state index in [1.165, 1.54) is 20.0 Å². The van der Waals surface area contributed by atoms with E-state index in [4.69, 9.17) is 16.3 Å². The molecule has 4 rings (SSSR count). The summed E-state index contributed by atoms with van der Waals surface area (Å²) in [7, 11) is 1.37. The van der Waals surface area contributed by atoms with Crippen LogP contribution in [-0.4, -0.2) is 23.4 Å². The number of benzene rings is 2. The fourth-order valence-corrected chi connectivity index (χ4v) is 5.02. The molecule has 0 saturated carbocycles. The van der Waals surface area contributed by atoms with Gasteiger partial charge in [-0.3, -0.25) is 4.79 Å². The van der Waals surface area contributed by atoms with Crippen LogP contribution >= 0.6 is 11.6 Å². The minimum atomic E-state index is -0.416. The molecule has 1 atom stereocenters. The number of rotatable bonds is 7. The second-order valence-electron chi connectivity index (χ2n) is 8.38. The monoisotopic (exact) mass is 437 g/mol. The van der Waals surface area contributed by atoms with Crippen LogP contribution in [0.25, 0.3) is 10.9 Å². The van der Waals surface area contributed by atoms with E-state index in [2.05, 4.69) is 11.5 Å². The Balaban J connectivity index is 1.87. The number of unbranched alkanes of at least 4 members (excludes halogenated alkanes) is 2. The first-order chi connectivity index (χ1) is 15.0. The second-order valence-corrected chi connectivity index (χ2v) is 8.79. The molecular weight excluding hydrogens is 410 g/mol. The van der Waals surface area contributed by atoms with Crippen molar-refractivity contribution in [2.45, 2.75) is 52.0 Å². The average Bonchev–Trinajstić information content (AvgIpc) is 3.09. The van der Waals surface area contributed by atoms with Gasteiger partial charge < -0.3 is 9.30 Å². The maximum absolute atomic E-state index is 13.3. The maximum atomic E-state index is 13.3. The third kappa shape index (κ3) is 4.14. The Bertz CT molecular complexity index is 1130. The number of hydrogen-bond donors (Lipinski definition) is 0. The molecule has 31 heavy (non-hydrogen) atoms. The number of carbonyl (C=O) groups is 2. The number of carbonyl (C=O) groups excluding carboxylic acids is 2. The molecule has 0 bridgehead atoms. The summed E-state index contributed by atoms with van der Waals surface area (Å²) >= 11 is 6.47. The van der Waals surface area contributed by atoms with Crippen molar-refractivity contribution in [3.63, 3.8) is 0 Å². The lowest BCUT2D eigenvalue weighted by atomic mass is 9.82. The fraction of sp³-hybridized carbons (Fsp3) is 0.385. The lowest BCUT2D eigenvalue weighted by Crippen LogP contribution is -2.22. The van der Waals surface area contributed by atoms with Gasteiger partial charge in [0, 0.05) is 34.6 Å². The Hall–Kier alpha value is -2.59. The van der Waals surface area contributed by atoms with Gasteiger partial charge in [0.25, 0.3) is 0 Å². The van der Waals surface area contributed by atoms with Gasteiger partial charge in [0.1, 0.15) is 0 Å². The highest BCUT2D eigenvalue weighted by Crippen LogP contribution is 2.38. The fourth-order valence-electron chi connectivity index (χ4n) is 4.82. The smallest absolute Gasteiger partial charge is 0.338 e. The molecule has 0 N–H and O–H groups in total. The van der Waals surface area contributed by atoms with Gasteiger partial charge in [-0.2, -0.15) is 0 Å². The third-order valence-corrected chi connectivity index (χ3v) is 6.71. The molecule has 162 valence electrons. The minimum Gasteiger partial charge on any atom is -0.465 e. The number of ether oxygens (including phenoxy) is 1. The number of esters is 1. The molecule has 0 spiro atoms. The van der Waals surface area contributed by atoms with E-state index in [0.29, 0.717) is 40.4 Å². The average molecular weight is 438 g/mol. The van der Waals surface area contributed by atoms with Crippen LogP contribution in [-0.2, 0) is 17.7 Å². The van der Waals surface area contributed by atoms with Crippen LogP contribution < -0.4 is 0 Å². The number of fused-ring (bicyclic) bond motifs is 3. The third-order valence-electron chi connectivity index (χ3n) is 6.34. The SMILES string of the molecule is CCCCCC1CC(=O)c2c(n(Cc3ccccc3Cl)c3cccc(C(=O)OC)c23)C1. The molecule has 1 aliphatic rings. The van der Waals surface area contributed by atoms with Crippen LogP contribution in [0.2, 0.25) is 5.02 Å². The van der Waals surface area contributed by atoms with Gasteiger partial charge in [-0.1, -0.05) is 62.1 Å². The molecule has 2 aromatic carbocycles. The second kappa shape index (κ2) is 9.27. The van der Waals surface area contributed by atoms with Crippen LogP contribution in [0.5, 0.6) is 0 Å². The highest BCUT2D eigenvalue weighted by Gasteiger charge is 2.33. The maximum Gasteiger partial charge on any atom is 0.338 e. The van der Waals surface area contributed by atoms with Gasteiger partial charge >= 0.3 is 5.97 Å². The van der Waals surface area contributed by atoms with Gasteiger partial charge in [-0.15, -0.1) is 0 Å². The largest absolute Gasteiger partial charge is 0.465 e. The first-order valence-electron chi connectivity index (χ1n) is 11.0. The Kier molecular flexibility index (Phi) is 6.47. The van der Waals surface area contributed by atoms with Crippen molar-refractivity contribution in [2.24, 2.45) is 5.92 Å². The minimum absolute atomic E-state index is 0.127. The first-order valence-corrected chi connectivity index (χ1v) is 11.4. The van der Waals surface area contributed by atoms with Crippen LogP contribution in [0.4, 0.5) is 0 Å². The zero-order valence-electron chi connectivity index (χ0n) is 18.1. The van der Waals surface area contributed by atoms with Crippen LogP contribution in [0, 0.1) is 5.92 Å². The number of Topliss-reactive ketones (excluding diaryl/α,β-unsaturated/α-hetero) is 1. The van der Waals surface area contributed by atoms with E-state index < -0.39 is 5.97 Å². The van der Waals surface area contributed by atoms with E-state index in [-0.39, 0.29) is 5.78 Å². The predicted molar refractivity (Wildman–Crippen MR) is 124 cm³/mol. The number of halogens is 1. The Morgan fingerprint density at radius 2 is 1.94 bits per heavy atom. The molecule has 3 aromatic rings. The quantitative estimate of drug-likeness (QED) is 0.315. The lowest BCUT2D eigenvalue weighted by molar-refractivity contribution is 0.0603. The summed E-state index contributed by atoms with van der Waals surface area (Å²) in [5.41, 5.74) is 4.04. The zero-order valence-corrected chi connectivity index (χ0v) is 18.9. The molecule has 1 aliphatic carbocycles. The molecule has 1 unspecified atom stereocenters. The number of ketones is 1. The van der Waals surface area contributed by atoms with Crippen LogP contribution in [0.3, 0.4) is 0 Å². The Morgan fingerprint density at radius 1 is 1.13 bits per heavy atom. The van der Waals surface area contributed by atoms with E-state index in [1.54, 1.807) is 6.07 Å². The van der Waals surface area contributed by atoms with Gasteiger partial charge in [-0.05, 0) is 42.5 Å². The molecule has 0 saturated heterocycles. The van der Waals surface area contributed by atoms with Crippen molar-refractivity contribution in [1.82, 2.24) is 4.57 Å². The van der Waals surface area contributed by atoms with E-state index in [0.717, 1.165) is 36.0 Å². The lowest BCUT2D eigenvalue weighted by Gasteiger charge is -2.24. The van der Waals surface area contributed by atoms with Crippen molar-refractivity contribution >= 4 is 34.3 Å². The van der Waals surface area contributed by atoms with Gasteiger partial charge in [0.15, 0.2) is 5.78 Å². The first kappa shape index (κ1) is 21.6. The molecule has 5 heteroatoms. The Labute approximate surface area is 188 Å². The predicted octanol–water partition coefficient (Wildman–Crippen LogP) is 6.46. The molecule has 1 heterocycles. The van der Waals surface area contributed by atoms with Crippen molar-refractivity contribution in [3.05, 3.63) is 69.9 Å². The summed E-state index contributed by atoms with van der Waals surface area (Å²) in [6.07, 6.45) is 5.92. The summed E-state index contributed by atoms with van der Waals surface area (Å²) in [6, 6.07) is 13.4. The summed E-state index contributed by atoms with van der Waals surface area (Å²) in [5.74, 6) is 0.0469. The number of nitrogens with zero attached hydrogens (tertiary/aromatic N) is 1. The highest BCUT2D eigenvalue weighted by molar-refractivity contribution is 6.31. The van der Waals surface area contributed by atoms with E-state index >= 15 is 0 Å². The zero-order chi connectivity index (χ0) is 22.0. The summed E-state index contributed by atoms with van der Waals surface area (Å²) in [5, 5.41) is 1.41. The molecule has 0 fully saturated rings. The topological polar surface area (TPSA) is 48.3 Å². The van der Waals surface area contributed by atoms with Gasteiger partial charge in [0.2, 0.25) is 0 Å².